The van der Waals surface area contributed by atoms with E-state index in [1.807, 2.05) is 30.5 Å². The number of thioether (sulfide) groups is 1. The second-order valence-corrected chi connectivity index (χ2v) is 7.45. The lowest BCUT2D eigenvalue weighted by Crippen LogP contribution is -2.33. The fourth-order valence-electron chi connectivity index (χ4n) is 3.19. The van der Waals surface area contributed by atoms with E-state index in [-0.39, 0.29) is 11.9 Å². The Morgan fingerprint density at radius 1 is 1.19 bits per heavy atom. The number of rotatable bonds is 5. The number of hydrogen-bond acceptors (Lipinski definition) is 4. The average molecular weight is 398 g/mol. The Kier molecular flexibility index (Phi) is 6.14. The number of halogens is 3. The van der Waals surface area contributed by atoms with Crippen molar-refractivity contribution in [3.63, 3.8) is 0 Å². The van der Waals surface area contributed by atoms with Crippen LogP contribution >= 0.6 is 11.8 Å². The first kappa shape index (κ1) is 19.8. The van der Waals surface area contributed by atoms with E-state index in [2.05, 4.69) is 5.10 Å². The van der Waals surface area contributed by atoms with E-state index in [0.29, 0.717) is 15.8 Å². The van der Waals surface area contributed by atoms with E-state index in [4.69, 9.17) is 4.74 Å². The highest BCUT2D eigenvalue weighted by atomic mass is 32.2. The minimum absolute atomic E-state index is 0.0435. The molecule has 1 aliphatic rings. The van der Waals surface area contributed by atoms with Crippen molar-refractivity contribution >= 4 is 11.8 Å². The molecule has 0 radical (unpaired) electrons. The zero-order valence-corrected chi connectivity index (χ0v) is 15.8. The van der Waals surface area contributed by atoms with Crippen molar-refractivity contribution in [3.05, 3.63) is 40.8 Å². The van der Waals surface area contributed by atoms with Crippen molar-refractivity contribution in [2.75, 3.05) is 6.26 Å². The average Bonchev–Trinajstić information content (AvgIpc) is 2.65. The van der Waals surface area contributed by atoms with Crippen molar-refractivity contribution in [3.8, 4) is 16.9 Å². The van der Waals surface area contributed by atoms with Gasteiger partial charge in [-0.3, -0.25) is 4.79 Å². The lowest BCUT2D eigenvalue weighted by atomic mass is 9.97. The first-order valence-electron chi connectivity index (χ1n) is 8.85. The van der Waals surface area contributed by atoms with Gasteiger partial charge in [0.1, 0.15) is 6.54 Å². The fourth-order valence-corrected chi connectivity index (χ4v) is 3.60. The smallest absolute Gasteiger partial charge is 0.408 e. The molecule has 0 N–H and O–H groups in total. The van der Waals surface area contributed by atoms with E-state index >= 15 is 0 Å². The van der Waals surface area contributed by atoms with Crippen LogP contribution in [-0.2, 0) is 6.54 Å². The SMILES string of the molecule is CSc1ccc(-c2cnn(CC(F)(F)F)c(=O)c2OC2CCCCC2)cc1. The molecule has 27 heavy (non-hydrogen) atoms. The zero-order chi connectivity index (χ0) is 19.4. The fraction of sp³-hybridized carbons (Fsp3) is 0.474. The second-order valence-electron chi connectivity index (χ2n) is 6.57. The summed E-state index contributed by atoms with van der Waals surface area (Å²) in [5, 5.41) is 3.74. The van der Waals surface area contributed by atoms with Crippen LogP contribution in [0.2, 0.25) is 0 Å². The number of ether oxygens (including phenoxy) is 1. The standard InChI is InChI=1S/C19H21F3N2O2S/c1-27-15-9-7-13(8-10-15)16-11-23-24(12-19(20,21)22)18(25)17(16)26-14-5-3-2-4-6-14/h7-11,14H,2-6,12H2,1H3. The van der Waals surface area contributed by atoms with Crippen LogP contribution in [0.5, 0.6) is 5.75 Å². The highest BCUT2D eigenvalue weighted by molar-refractivity contribution is 7.98. The quantitative estimate of drug-likeness (QED) is 0.672. The highest BCUT2D eigenvalue weighted by Crippen LogP contribution is 2.31. The summed E-state index contributed by atoms with van der Waals surface area (Å²) in [5.74, 6) is -0.0435. The number of nitrogens with zero attached hydrogens (tertiary/aromatic N) is 2. The molecule has 1 aliphatic carbocycles. The molecule has 1 aromatic heterocycles. The van der Waals surface area contributed by atoms with Gasteiger partial charge in [-0.05, 0) is 49.6 Å². The lowest BCUT2D eigenvalue weighted by molar-refractivity contribution is -0.143. The summed E-state index contributed by atoms with van der Waals surface area (Å²) >= 11 is 1.58. The number of alkyl halides is 3. The maximum Gasteiger partial charge on any atom is 0.408 e. The first-order valence-corrected chi connectivity index (χ1v) is 10.1. The molecule has 3 rings (SSSR count). The van der Waals surface area contributed by atoms with Gasteiger partial charge in [-0.15, -0.1) is 11.8 Å². The highest BCUT2D eigenvalue weighted by Gasteiger charge is 2.31. The molecular weight excluding hydrogens is 377 g/mol. The van der Waals surface area contributed by atoms with Gasteiger partial charge >= 0.3 is 11.7 Å². The van der Waals surface area contributed by atoms with Crippen LogP contribution in [0.3, 0.4) is 0 Å². The van der Waals surface area contributed by atoms with Gasteiger partial charge in [0, 0.05) is 10.5 Å². The normalized spacial score (nSPS) is 15.7. The Bertz CT molecular complexity index is 828. The van der Waals surface area contributed by atoms with Crippen LogP contribution in [-0.4, -0.2) is 28.3 Å². The molecule has 0 saturated heterocycles. The summed E-state index contributed by atoms with van der Waals surface area (Å²) in [4.78, 5) is 13.8. The summed E-state index contributed by atoms with van der Waals surface area (Å²) < 4.78 is 44.7. The van der Waals surface area contributed by atoms with Crippen molar-refractivity contribution in [2.45, 2.75) is 55.8 Å². The van der Waals surface area contributed by atoms with Gasteiger partial charge in [-0.25, -0.2) is 4.68 Å². The Balaban J connectivity index is 2.02. The summed E-state index contributed by atoms with van der Waals surface area (Å²) in [6.45, 7) is -1.43. The minimum atomic E-state index is -4.53. The third kappa shape index (κ3) is 5.06. The molecule has 0 unspecified atom stereocenters. The van der Waals surface area contributed by atoms with Crippen molar-refractivity contribution in [1.82, 2.24) is 9.78 Å². The summed E-state index contributed by atoms with van der Waals surface area (Å²) in [7, 11) is 0. The minimum Gasteiger partial charge on any atom is -0.484 e. The molecule has 0 spiro atoms. The summed E-state index contributed by atoms with van der Waals surface area (Å²) in [5.41, 5.74) is 0.281. The van der Waals surface area contributed by atoms with Crippen LogP contribution in [0.4, 0.5) is 13.2 Å². The van der Waals surface area contributed by atoms with Crippen molar-refractivity contribution in [2.24, 2.45) is 0 Å². The number of hydrogen-bond donors (Lipinski definition) is 0. The van der Waals surface area contributed by atoms with Crippen LogP contribution < -0.4 is 10.3 Å². The molecule has 0 amide bonds. The van der Waals surface area contributed by atoms with E-state index < -0.39 is 18.3 Å². The second kappa shape index (κ2) is 8.37. The predicted octanol–water partition coefficient (Wildman–Crippen LogP) is 4.91. The number of aromatic nitrogens is 2. The molecule has 4 nitrogen and oxygen atoms in total. The topological polar surface area (TPSA) is 44.1 Å². The maximum atomic E-state index is 12.8. The molecule has 8 heteroatoms. The van der Waals surface area contributed by atoms with Gasteiger partial charge in [-0.2, -0.15) is 18.3 Å². The number of benzene rings is 1. The summed E-state index contributed by atoms with van der Waals surface area (Å²) in [6.07, 6.45) is 3.24. The van der Waals surface area contributed by atoms with Gasteiger partial charge in [0.15, 0.2) is 5.75 Å². The van der Waals surface area contributed by atoms with Crippen molar-refractivity contribution in [1.29, 1.82) is 0 Å². The third-order valence-electron chi connectivity index (χ3n) is 4.57. The maximum absolute atomic E-state index is 12.8. The van der Waals surface area contributed by atoms with E-state index in [9.17, 15) is 18.0 Å². The molecule has 1 heterocycles. The summed E-state index contributed by atoms with van der Waals surface area (Å²) in [6, 6.07) is 7.44. The molecule has 1 fully saturated rings. The Hall–Kier alpha value is -1.96. The first-order chi connectivity index (χ1) is 12.9. The van der Waals surface area contributed by atoms with E-state index in [0.717, 1.165) is 37.0 Å². The largest absolute Gasteiger partial charge is 0.484 e. The Labute approximate surface area is 159 Å². The molecular formula is C19H21F3N2O2S. The van der Waals surface area contributed by atoms with Gasteiger partial charge in [0.25, 0.3) is 0 Å². The van der Waals surface area contributed by atoms with Gasteiger partial charge < -0.3 is 4.74 Å². The molecule has 0 atom stereocenters. The molecule has 2 aromatic rings. The Morgan fingerprint density at radius 3 is 2.44 bits per heavy atom. The molecule has 1 aromatic carbocycles. The molecule has 0 bridgehead atoms. The lowest BCUT2D eigenvalue weighted by Gasteiger charge is -2.24. The van der Waals surface area contributed by atoms with Crippen LogP contribution in [0.25, 0.3) is 11.1 Å². The van der Waals surface area contributed by atoms with Gasteiger partial charge in [0.05, 0.1) is 12.3 Å². The third-order valence-corrected chi connectivity index (χ3v) is 5.31. The Morgan fingerprint density at radius 2 is 1.85 bits per heavy atom. The molecule has 146 valence electrons. The molecule has 1 saturated carbocycles. The van der Waals surface area contributed by atoms with Crippen LogP contribution in [0, 0.1) is 0 Å². The molecule has 0 aliphatic heterocycles. The monoisotopic (exact) mass is 398 g/mol. The van der Waals surface area contributed by atoms with E-state index in [1.165, 1.54) is 6.20 Å². The van der Waals surface area contributed by atoms with Crippen LogP contribution in [0.15, 0.2) is 40.2 Å². The van der Waals surface area contributed by atoms with Gasteiger partial charge in [0.2, 0.25) is 0 Å². The van der Waals surface area contributed by atoms with Crippen molar-refractivity contribution < 1.29 is 17.9 Å². The van der Waals surface area contributed by atoms with Crippen LogP contribution in [0.1, 0.15) is 32.1 Å². The zero-order valence-electron chi connectivity index (χ0n) is 15.0. The predicted molar refractivity (Wildman–Crippen MR) is 99.3 cm³/mol. The van der Waals surface area contributed by atoms with Gasteiger partial charge in [-0.1, -0.05) is 18.6 Å². The van der Waals surface area contributed by atoms with E-state index in [1.54, 1.807) is 11.8 Å².